The van der Waals surface area contributed by atoms with Crippen LogP contribution in [0, 0.1) is 11.8 Å². The maximum absolute atomic E-state index is 3.59. The van der Waals surface area contributed by atoms with Crippen LogP contribution in [-0.4, -0.2) is 13.1 Å². The van der Waals surface area contributed by atoms with Crippen molar-refractivity contribution >= 4 is 0 Å². The third kappa shape index (κ3) is 5.72. The lowest BCUT2D eigenvalue weighted by molar-refractivity contribution is 0.392. The highest BCUT2D eigenvalue weighted by molar-refractivity contribution is 5.11. The third-order valence-corrected chi connectivity index (χ3v) is 4.03. The van der Waals surface area contributed by atoms with E-state index in [1.165, 1.54) is 44.9 Å². The van der Waals surface area contributed by atoms with Gasteiger partial charge in [0.2, 0.25) is 0 Å². The van der Waals surface area contributed by atoms with Crippen molar-refractivity contribution in [1.82, 2.24) is 5.32 Å². The molecule has 0 aromatic carbocycles. The first kappa shape index (κ1) is 14.8. The van der Waals surface area contributed by atoms with Gasteiger partial charge in [-0.15, -0.1) is 0 Å². The van der Waals surface area contributed by atoms with Crippen molar-refractivity contribution in [3.8, 4) is 0 Å². The molecule has 0 aromatic heterocycles. The maximum atomic E-state index is 3.59. The minimum absolute atomic E-state index is 0.746. The zero-order valence-corrected chi connectivity index (χ0v) is 12.1. The minimum Gasteiger partial charge on any atom is -0.313 e. The Balaban J connectivity index is 2.53. The van der Waals surface area contributed by atoms with Gasteiger partial charge in [0.1, 0.15) is 0 Å². The van der Waals surface area contributed by atoms with Gasteiger partial charge in [0.25, 0.3) is 0 Å². The molecule has 0 spiro atoms. The summed E-state index contributed by atoms with van der Waals surface area (Å²) in [5.74, 6) is 1.62. The molecule has 1 nitrogen and oxygen atoms in total. The highest BCUT2D eigenvalue weighted by Crippen LogP contribution is 2.30. The second-order valence-corrected chi connectivity index (χ2v) is 5.64. The first-order valence-electron chi connectivity index (χ1n) is 7.69. The first-order chi connectivity index (χ1) is 8.27. The number of allylic oxidation sites excluding steroid dienone is 1. The van der Waals surface area contributed by atoms with Crippen molar-refractivity contribution in [3.63, 3.8) is 0 Å². The van der Waals surface area contributed by atoms with Gasteiger partial charge in [-0.25, -0.2) is 0 Å². The predicted molar refractivity (Wildman–Crippen MR) is 77.3 cm³/mol. The van der Waals surface area contributed by atoms with Crippen LogP contribution in [0.3, 0.4) is 0 Å². The Bertz CT molecular complexity index is 214. The van der Waals surface area contributed by atoms with E-state index in [2.05, 4.69) is 32.2 Å². The molecule has 1 unspecified atom stereocenters. The number of hydrogen-bond acceptors (Lipinski definition) is 1. The Morgan fingerprint density at radius 1 is 1.24 bits per heavy atom. The molecule has 1 saturated carbocycles. The Morgan fingerprint density at radius 2 is 1.94 bits per heavy atom. The summed E-state index contributed by atoms with van der Waals surface area (Å²) >= 11 is 0. The van der Waals surface area contributed by atoms with Crippen molar-refractivity contribution in [1.29, 1.82) is 0 Å². The van der Waals surface area contributed by atoms with Gasteiger partial charge in [0.15, 0.2) is 0 Å². The van der Waals surface area contributed by atoms with E-state index in [0.717, 1.165) is 24.9 Å². The van der Waals surface area contributed by atoms with E-state index >= 15 is 0 Å². The molecule has 0 aliphatic heterocycles. The summed E-state index contributed by atoms with van der Waals surface area (Å²) in [6.07, 6.45) is 12.2. The van der Waals surface area contributed by atoms with Crippen LogP contribution in [0.4, 0.5) is 0 Å². The molecular formula is C16H31N. The van der Waals surface area contributed by atoms with Crippen molar-refractivity contribution in [2.24, 2.45) is 11.8 Å². The van der Waals surface area contributed by atoms with E-state index in [9.17, 15) is 0 Å². The summed E-state index contributed by atoms with van der Waals surface area (Å²) in [7, 11) is 0. The number of nitrogens with one attached hydrogen (secondary N) is 1. The lowest BCUT2D eigenvalue weighted by Gasteiger charge is -2.26. The van der Waals surface area contributed by atoms with Crippen LogP contribution in [0.5, 0.6) is 0 Å². The molecule has 17 heavy (non-hydrogen) atoms. The molecule has 1 aliphatic rings. The van der Waals surface area contributed by atoms with Crippen molar-refractivity contribution in [2.75, 3.05) is 13.1 Å². The summed E-state index contributed by atoms with van der Waals surface area (Å²) in [5, 5.41) is 3.59. The van der Waals surface area contributed by atoms with Crippen LogP contribution in [0.15, 0.2) is 11.6 Å². The second kappa shape index (κ2) is 8.74. The fourth-order valence-corrected chi connectivity index (χ4v) is 2.71. The van der Waals surface area contributed by atoms with Gasteiger partial charge in [-0.2, -0.15) is 0 Å². The average Bonchev–Trinajstić information content (AvgIpc) is 2.38. The molecule has 1 fully saturated rings. The molecule has 100 valence electrons. The molecule has 0 amide bonds. The molecule has 1 aliphatic carbocycles. The molecule has 0 radical (unpaired) electrons. The smallest absolute Gasteiger partial charge is 0.0167 e. The molecule has 1 N–H and O–H groups in total. The minimum atomic E-state index is 0.746. The fourth-order valence-electron chi connectivity index (χ4n) is 2.71. The topological polar surface area (TPSA) is 12.0 Å². The van der Waals surface area contributed by atoms with E-state index < -0.39 is 0 Å². The molecule has 1 atom stereocenters. The SMILES string of the molecule is CCCNC/C(=C/C(C)CC)C1CCCCC1. The fraction of sp³-hybridized carbons (Fsp3) is 0.875. The van der Waals surface area contributed by atoms with Crippen LogP contribution >= 0.6 is 0 Å². The Hall–Kier alpha value is -0.300. The lowest BCUT2D eigenvalue weighted by atomic mass is 9.82. The third-order valence-electron chi connectivity index (χ3n) is 4.03. The van der Waals surface area contributed by atoms with Gasteiger partial charge >= 0.3 is 0 Å². The lowest BCUT2D eigenvalue weighted by Crippen LogP contribution is -2.23. The highest BCUT2D eigenvalue weighted by atomic mass is 14.8. The summed E-state index contributed by atoms with van der Waals surface area (Å²) in [5.41, 5.74) is 1.70. The molecule has 0 saturated heterocycles. The summed E-state index contributed by atoms with van der Waals surface area (Å²) < 4.78 is 0. The van der Waals surface area contributed by atoms with E-state index in [4.69, 9.17) is 0 Å². The van der Waals surface area contributed by atoms with E-state index in [1.54, 1.807) is 5.57 Å². The van der Waals surface area contributed by atoms with Gasteiger partial charge in [-0.05, 0) is 37.6 Å². The Kier molecular flexibility index (Phi) is 7.59. The number of hydrogen-bond donors (Lipinski definition) is 1. The van der Waals surface area contributed by atoms with Gasteiger partial charge < -0.3 is 5.32 Å². The van der Waals surface area contributed by atoms with E-state index in [-0.39, 0.29) is 0 Å². The van der Waals surface area contributed by atoms with Crippen LogP contribution < -0.4 is 5.32 Å². The van der Waals surface area contributed by atoms with Crippen LogP contribution in [-0.2, 0) is 0 Å². The predicted octanol–water partition coefficient (Wildman–Crippen LogP) is 4.54. The zero-order chi connectivity index (χ0) is 12.5. The molecule has 1 heteroatoms. The van der Waals surface area contributed by atoms with Crippen LogP contribution in [0.25, 0.3) is 0 Å². The molecule has 0 aromatic rings. The van der Waals surface area contributed by atoms with Crippen LogP contribution in [0.1, 0.15) is 65.7 Å². The quantitative estimate of drug-likeness (QED) is 0.506. The van der Waals surface area contributed by atoms with Gasteiger partial charge in [-0.3, -0.25) is 0 Å². The van der Waals surface area contributed by atoms with E-state index in [1.807, 2.05) is 0 Å². The molecule has 0 heterocycles. The highest BCUT2D eigenvalue weighted by Gasteiger charge is 2.17. The van der Waals surface area contributed by atoms with Gasteiger partial charge in [-0.1, -0.05) is 58.1 Å². The summed E-state index contributed by atoms with van der Waals surface area (Å²) in [4.78, 5) is 0. The average molecular weight is 237 g/mol. The van der Waals surface area contributed by atoms with Crippen molar-refractivity contribution in [3.05, 3.63) is 11.6 Å². The largest absolute Gasteiger partial charge is 0.313 e. The molecule has 0 bridgehead atoms. The zero-order valence-electron chi connectivity index (χ0n) is 12.1. The second-order valence-electron chi connectivity index (χ2n) is 5.64. The first-order valence-corrected chi connectivity index (χ1v) is 7.69. The maximum Gasteiger partial charge on any atom is 0.0167 e. The van der Waals surface area contributed by atoms with Gasteiger partial charge in [0, 0.05) is 6.54 Å². The molecular weight excluding hydrogens is 206 g/mol. The summed E-state index contributed by atoms with van der Waals surface area (Å²) in [6, 6.07) is 0. The summed E-state index contributed by atoms with van der Waals surface area (Å²) in [6.45, 7) is 9.17. The van der Waals surface area contributed by atoms with Crippen LogP contribution in [0.2, 0.25) is 0 Å². The Labute approximate surface area is 108 Å². The molecule has 1 rings (SSSR count). The van der Waals surface area contributed by atoms with Gasteiger partial charge in [0.05, 0.1) is 0 Å². The Morgan fingerprint density at radius 3 is 2.53 bits per heavy atom. The van der Waals surface area contributed by atoms with E-state index in [0.29, 0.717) is 0 Å². The standard InChI is InChI=1S/C16H31N/c1-4-11-17-13-16(12-14(3)5-2)15-9-7-6-8-10-15/h12,14-15,17H,4-11,13H2,1-3H3/b16-12-. The normalized spacial score (nSPS) is 20.5. The van der Waals surface area contributed by atoms with Crippen molar-refractivity contribution in [2.45, 2.75) is 65.7 Å². The van der Waals surface area contributed by atoms with Crippen molar-refractivity contribution < 1.29 is 0 Å². The monoisotopic (exact) mass is 237 g/mol. The number of rotatable bonds is 7.